The third kappa shape index (κ3) is 2.33. The van der Waals surface area contributed by atoms with Crippen LogP contribution >= 0.6 is 0 Å². The van der Waals surface area contributed by atoms with Crippen LogP contribution in [0.4, 0.5) is 0 Å². The summed E-state index contributed by atoms with van der Waals surface area (Å²) in [5.74, 6) is 0.681. The van der Waals surface area contributed by atoms with Crippen molar-refractivity contribution in [1.82, 2.24) is 4.98 Å². The Bertz CT molecular complexity index is 550. The Morgan fingerprint density at radius 2 is 2.06 bits per heavy atom. The Morgan fingerprint density at radius 3 is 2.76 bits per heavy atom. The topological polar surface area (TPSA) is 39.2 Å². The summed E-state index contributed by atoms with van der Waals surface area (Å²) in [6, 6.07) is 7.58. The minimum atomic E-state index is 0.658. The Hall–Kier alpha value is -2.16. The zero-order chi connectivity index (χ0) is 12.3. The van der Waals surface area contributed by atoms with E-state index in [1.807, 2.05) is 31.2 Å². The molecule has 0 aliphatic rings. The second-order valence-electron chi connectivity index (χ2n) is 3.82. The summed E-state index contributed by atoms with van der Waals surface area (Å²) < 4.78 is 5.13. The summed E-state index contributed by atoms with van der Waals surface area (Å²) >= 11 is 0. The fraction of sp³-hybridized carbons (Fsp3) is 0.143. The molecule has 2 aromatic rings. The van der Waals surface area contributed by atoms with E-state index in [2.05, 4.69) is 4.98 Å². The van der Waals surface area contributed by atoms with Crippen molar-refractivity contribution in [2.75, 3.05) is 7.11 Å². The highest BCUT2D eigenvalue weighted by Gasteiger charge is 2.06. The average molecular weight is 227 g/mol. The van der Waals surface area contributed by atoms with Gasteiger partial charge in [0.15, 0.2) is 6.29 Å². The lowest BCUT2D eigenvalue weighted by Gasteiger charge is -2.07. The third-order valence-corrected chi connectivity index (χ3v) is 2.60. The molecule has 2 rings (SSSR count). The summed E-state index contributed by atoms with van der Waals surface area (Å²) in [4.78, 5) is 15.1. The number of ether oxygens (including phenoxy) is 1. The summed E-state index contributed by atoms with van der Waals surface area (Å²) in [7, 11) is 1.59. The van der Waals surface area contributed by atoms with Gasteiger partial charge in [-0.25, -0.2) is 0 Å². The van der Waals surface area contributed by atoms with Gasteiger partial charge in [-0.3, -0.25) is 9.78 Å². The molecule has 0 atom stereocenters. The molecule has 3 heteroatoms. The first-order chi connectivity index (χ1) is 8.24. The number of carbonyl (C=O) groups is 1. The first-order valence-electron chi connectivity index (χ1n) is 5.30. The van der Waals surface area contributed by atoms with Crippen molar-refractivity contribution >= 4 is 6.29 Å². The van der Waals surface area contributed by atoms with E-state index >= 15 is 0 Å². The minimum absolute atomic E-state index is 0.658. The Labute approximate surface area is 100 Å². The van der Waals surface area contributed by atoms with Crippen LogP contribution in [-0.2, 0) is 0 Å². The third-order valence-electron chi connectivity index (χ3n) is 2.60. The number of rotatable bonds is 3. The zero-order valence-electron chi connectivity index (χ0n) is 9.81. The van der Waals surface area contributed by atoms with E-state index in [0.717, 1.165) is 23.0 Å². The van der Waals surface area contributed by atoms with Crippen molar-refractivity contribution in [2.45, 2.75) is 6.92 Å². The fourth-order valence-electron chi connectivity index (χ4n) is 1.70. The monoisotopic (exact) mass is 227 g/mol. The van der Waals surface area contributed by atoms with Crippen LogP contribution < -0.4 is 4.74 Å². The predicted molar refractivity (Wildman–Crippen MR) is 66.3 cm³/mol. The van der Waals surface area contributed by atoms with Gasteiger partial charge in [-0.2, -0.15) is 0 Å². The number of aromatic nitrogens is 1. The van der Waals surface area contributed by atoms with Crippen molar-refractivity contribution in [3.63, 3.8) is 0 Å². The van der Waals surface area contributed by atoms with Crippen LogP contribution in [0, 0.1) is 6.92 Å². The first kappa shape index (κ1) is 11.3. The van der Waals surface area contributed by atoms with E-state index in [1.54, 1.807) is 19.5 Å². The Kier molecular flexibility index (Phi) is 3.19. The number of hydrogen-bond acceptors (Lipinski definition) is 3. The Morgan fingerprint density at radius 1 is 1.24 bits per heavy atom. The van der Waals surface area contributed by atoms with E-state index < -0.39 is 0 Å². The SMILES string of the molecule is COc1cncc(-c2cc(C)ccc2C=O)c1. The van der Waals surface area contributed by atoms with E-state index in [9.17, 15) is 4.79 Å². The van der Waals surface area contributed by atoms with Gasteiger partial charge >= 0.3 is 0 Å². The molecule has 0 saturated heterocycles. The lowest BCUT2D eigenvalue weighted by Crippen LogP contribution is -1.91. The number of carbonyl (C=O) groups excluding carboxylic acids is 1. The quantitative estimate of drug-likeness (QED) is 0.757. The largest absolute Gasteiger partial charge is 0.495 e. The van der Waals surface area contributed by atoms with E-state index in [-0.39, 0.29) is 0 Å². The second kappa shape index (κ2) is 4.78. The van der Waals surface area contributed by atoms with E-state index in [1.165, 1.54) is 0 Å². The van der Waals surface area contributed by atoms with Gasteiger partial charge in [0.1, 0.15) is 5.75 Å². The molecule has 1 heterocycles. The average Bonchev–Trinajstić information content (AvgIpc) is 2.39. The van der Waals surface area contributed by atoms with Crippen molar-refractivity contribution in [1.29, 1.82) is 0 Å². The summed E-state index contributed by atoms with van der Waals surface area (Å²) in [6.45, 7) is 1.99. The number of aldehydes is 1. The highest BCUT2D eigenvalue weighted by atomic mass is 16.5. The molecule has 0 N–H and O–H groups in total. The molecule has 0 amide bonds. The van der Waals surface area contributed by atoms with Crippen LogP contribution in [0.1, 0.15) is 15.9 Å². The van der Waals surface area contributed by atoms with Crippen LogP contribution in [0.2, 0.25) is 0 Å². The number of methoxy groups -OCH3 is 1. The highest BCUT2D eigenvalue weighted by Crippen LogP contribution is 2.26. The summed E-state index contributed by atoms with van der Waals surface area (Å²) in [5.41, 5.74) is 3.53. The van der Waals surface area contributed by atoms with Crippen LogP contribution in [0.5, 0.6) is 5.75 Å². The van der Waals surface area contributed by atoms with E-state index in [0.29, 0.717) is 11.3 Å². The maximum absolute atomic E-state index is 11.0. The number of nitrogens with zero attached hydrogens (tertiary/aromatic N) is 1. The molecule has 1 aromatic heterocycles. The molecule has 0 unspecified atom stereocenters. The lowest BCUT2D eigenvalue weighted by atomic mass is 9.99. The number of aryl methyl sites for hydroxylation is 1. The van der Waals surface area contributed by atoms with Gasteiger partial charge in [-0.1, -0.05) is 23.8 Å². The van der Waals surface area contributed by atoms with Crippen LogP contribution in [0.3, 0.4) is 0 Å². The standard InChI is InChI=1S/C14H13NO2/c1-10-3-4-11(9-16)14(5-10)12-6-13(17-2)8-15-7-12/h3-9H,1-2H3. The molecule has 0 aliphatic heterocycles. The van der Waals surface area contributed by atoms with Crippen molar-refractivity contribution in [3.8, 4) is 16.9 Å². The van der Waals surface area contributed by atoms with Crippen molar-refractivity contribution in [3.05, 3.63) is 47.8 Å². The van der Waals surface area contributed by atoms with Crippen molar-refractivity contribution in [2.24, 2.45) is 0 Å². The van der Waals surface area contributed by atoms with Gasteiger partial charge in [0.25, 0.3) is 0 Å². The molecule has 17 heavy (non-hydrogen) atoms. The number of hydrogen-bond donors (Lipinski definition) is 0. The van der Waals surface area contributed by atoms with Crippen LogP contribution in [-0.4, -0.2) is 18.4 Å². The van der Waals surface area contributed by atoms with Gasteiger partial charge < -0.3 is 4.74 Å². The molecule has 0 saturated carbocycles. The normalized spacial score (nSPS) is 10.0. The minimum Gasteiger partial charge on any atom is -0.495 e. The molecule has 0 aliphatic carbocycles. The second-order valence-corrected chi connectivity index (χ2v) is 3.82. The molecule has 0 radical (unpaired) electrons. The summed E-state index contributed by atoms with van der Waals surface area (Å²) in [5, 5.41) is 0. The molecule has 0 fully saturated rings. The van der Waals surface area contributed by atoms with Gasteiger partial charge in [0, 0.05) is 17.3 Å². The van der Waals surface area contributed by atoms with Gasteiger partial charge in [-0.05, 0) is 18.6 Å². The first-order valence-corrected chi connectivity index (χ1v) is 5.30. The molecular weight excluding hydrogens is 214 g/mol. The Balaban J connectivity index is 2.58. The fourth-order valence-corrected chi connectivity index (χ4v) is 1.70. The molecule has 0 bridgehead atoms. The molecule has 1 aromatic carbocycles. The number of benzene rings is 1. The van der Waals surface area contributed by atoms with Gasteiger partial charge in [0.2, 0.25) is 0 Å². The van der Waals surface area contributed by atoms with Crippen LogP contribution in [0.25, 0.3) is 11.1 Å². The van der Waals surface area contributed by atoms with Crippen molar-refractivity contribution < 1.29 is 9.53 Å². The maximum Gasteiger partial charge on any atom is 0.150 e. The molecule has 0 spiro atoms. The lowest BCUT2D eigenvalue weighted by molar-refractivity contribution is 0.112. The molecular formula is C14H13NO2. The van der Waals surface area contributed by atoms with Crippen LogP contribution in [0.15, 0.2) is 36.7 Å². The highest BCUT2D eigenvalue weighted by molar-refractivity contribution is 5.87. The zero-order valence-corrected chi connectivity index (χ0v) is 9.81. The number of pyridine rings is 1. The molecule has 3 nitrogen and oxygen atoms in total. The maximum atomic E-state index is 11.0. The predicted octanol–water partition coefficient (Wildman–Crippen LogP) is 2.88. The van der Waals surface area contributed by atoms with Gasteiger partial charge in [-0.15, -0.1) is 0 Å². The summed E-state index contributed by atoms with van der Waals surface area (Å²) in [6.07, 6.45) is 4.22. The smallest absolute Gasteiger partial charge is 0.150 e. The van der Waals surface area contributed by atoms with E-state index in [4.69, 9.17) is 4.74 Å². The van der Waals surface area contributed by atoms with Gasteiger partial charge in [0.05, 0.1) is 13.3 Å². The molecule has 86 valence electrons.